The summed E-state index contributed by atoms with van der Waals surface area (Å²) in [5, 5.41) is 0. The summed E-state index contributed by atoms with van der Waals surface area (Å²) in [6, 6.07) is 0.742. The van der Waals surface area contributed by atoms with Crippen LogP contribution in [0, 0.1) is 5.41 Å². The van der Waals surface area contributed by atoms with Crippen LogP contribution in [-0.2, 0) is 0 Å². The average molecular weight is 214 g/mol. The molecular weight excluding hydrogens is 184 g/mol. The average Bonchev–Trinajstić information content (AvgIpc) is 2.17. The zero-order valence-corrected chi connectivity index (χ0v) is 11.3. The Labute approximate surface area is 96.2 Å². The molecule has 2 nitrogen and oxygen atoms in total. The van der Waals surface area contributed by atoms with Crippen molar-refractivity contribution in [2.24, 2.45) is 11.1 Å². The van der Waals surface area contributed by atoms with Gasteiger partial charge in [0.05, 0.1) is 0 Å². The second-order valence-electron chi connectivity index (χ2n) is 5.51. The summed E-state index contributed by atoms with van der Waals surface area (Å²) in [7, 11) is 2.24. The molecule has 2 heteroatoms. The zero-order valence-electron chi connectivity index (χ0n) is 11.3. The third-order valence-corrected chi connectivity index (χ3v) is 3.10. The molecule has 92 valence electrons. The Morgan fingerprint density at radius 3 is 1.93 bits per heavy atom. The lowest BCUT2D eigenvalue weighted by Crippen LogP contribution is -2.41. The number of rotatable bonds is 8. The smallest absolute Gasteiger partial charge is 0.00922 e. The highest BCUT2D eigenvalue weighted by atomic mass is 15.1. The fourth-order valence-electron chi connectivity index (χ4n) is 2.12. The molecule has 0 aromatic heterocycles. The molecule has 0 aromatic carbocycles. The van der Waals surface area contributed by atoms with Gasteiger partial charge in [0.15, 0.2) is 0 Å². The van der Waals surface area contributed by atoms with Crippen LogP contribution < -0.4 is 5.73 Å². The Morgan fingerprint density at radius 1 is 1.13 bits per heavy atom. The zero-order chi connectivity index (χ0) is 11.9. The number of nitrogens with zero attached hydrogens (tertiary/aromatic N) is 1. The van der Waals surface area contributed by atoms with Crippen molar-refractivity contribution in [3.05, 3.63) is 0 Å². The highest BCUT2D eigenvalue weighted by Crippen LogP contribution is 2.19. The van der Waals surface area contributed by atoms with E-state index in [4.69, 9.17) is 5.73 Å². The lowest BCUT2D eigenvalue weighted by Gasteiger charge is -2.34. The maximum absolute atomic E-state index is 5.78. The van der Waals surface area contributed by atoms with Crippen LogP contribution >= 0.6 is 0 Å². The molecule has 0 aliphatic carbocycles. The molecule has 0 unspecified atom stereocenters. The third kappa shape index (κ3) is 6.16. The van der Waals surface area contributed by atoms with Gasteiger partial charge < -0.3 is 10.6 Å². The monoisotopic (exact) mass is 214 g/mol. The molecule has 0 fully saturated rings. The van der Waals surface area contributed by atoms with Gasteiger partial charge in [-0.15, -0.1) is 0 Å². The summed E-state index contributed by atoms with van der Waals surface area (Å²) in [5.74, 6) is 0. The van der Waals surface area contributed by atoms with Crippen LogP contribution in [-0.4, -0.2) is 31.1 Å². The van der Waals surface area contributed by atoms with Gasteiger partial charge in [0.2, 0.25) is 0 Å². The van der Waals surface area contributed by atoms with E-state index in [1.165, 1.54) is 25.7 Å². The Morgan fingerprint density at radius 2 is 1.60 bits per heavy atom. The lowest BCUT2D eigenvalue weighted by molar-refractivity contribution is 0.150. The van der Waals surface area contributed by atoms with Crippen molar-refractivity contribution in [3.63, 3.8) is 0 Å². The molecule has 0 aliphatic rings. The first-order valence-corrected chi connectivity index (χ1v) is 6.37. The summed E-state index contributed by atoms with van der Waals surface area (Å²) < 4.78 is 0. The van der Waals surface area contributed by atoms with E-state index in [0.717, 1.165) is 19.1 Å². The van der Waals surface area contributed by atoms with E-state index < -0.39 is 0 Å². The van der Waals surface area contributed by atoms with Crippen molar-refractivity contribution in [2.45, 2.75) is 59.4 Å². The minimum Gasteiger partial charge on any atom is -0.330 e. The van der Waals surface area contributed by atoms with E-state index >= 15 is 0 Å². The lowest BCUT2D eigenvalue weighted by atomic mass is 9.92. The Balaban J connectivity index is 4.17. The molecule has 0 aliphatic heterocycles. The van der Waals surface area contributed by atoms with Crippen molar-refractivity contribution in [1.82, 2.24) is 4.90 Å². The van der Waals surface area contributed by atoms with Gasteiger partial charge >= 0.3 is 0 Å². The molecule has 0 bridgehead atoms. The second kappa shape index (κ2) is 7.24. The highest BCUT2D eigenvalue weighted by molar-refractivity contribution is 4.77. The molecular formula is C13H30N2. The van der Waals surface area contributed by atoms with Crippen molar-refractivity contribution in [3.8, 4) is 0 Å². The summed E-state index contributed by atoms with van der Waals surface area (Å²) in [4.78, 5) is 2.50. The van der Waals surface area contributed by atoms with E-state index in [1.54, 1.807) is 0 Å². The van der Waals surface area contributed by atoms with E-state index in [1.807, 2.05) is 0 Å². The molecule has 0 atom stereocenters. The summed E-state index contributed by atoms with van der Waals surface area (Å²) >= 11 is 0. The first-order chi connectivity index (χ1) is 6.96. The molecule has 0 saturated carbocycles. The molecule has 2 N–H and O–H groups in total. The molecule has 0 rings (SSSR count). The van der Waals surface area contributed by atoms with Crippen molar-refractivity contribution >= 4 is 0 Å². The predicted octanol–water partition coefficient (Wildman–Crippen LogP) is 2.87. The Kier molecular flexibility index (Phi) is 7.20. The van der Waals surface area contributed by atoms with Crippen LogP contribution in [0.2, 0.25) is 0 Å². The molecule has 15 heavy (non-hydrogen) atoms. The van der Waals surface area contributed by atoms with Crippen LogP contribution in [0.3, 0.4) is 0 Å². The molecule has 0 saturated heterocycles. The van der Waals surface area contributed by atoms with E-state index in [-0.39, 0.29) is 5.41 Å². The number of hydrogen-bond donors (Lipinski definition) is 1. The SMILES string of the molecule is CCCC(CCC)N(C)CC(C)(C)CN. The van der Waals surface area contributed by atoms with E-state index in [9.17, 15) is 0 Å². The fraction of sp³-hybridized carbons (Fsp3) is 1.00. The predicted molar refractivity (Wildman–Crippen MR) is 69.1 cm³/mol. The molecule has 0 radical (unpaired) electrons. The molecule has 0 aromatic rings. The molecule has 0 spiro atoms. The summed E-state index contributed by atoms with van der Waals surface area (Å²) in [5.41, 5.74) is 6.02. The molecule has 0 amide bonds. The van der Waals surface area contributed by atoms with Crippen molar-refractivity contribution in [2.75, 3.05) is 20.1 Å². The van der Waals surface area contributed by atoms with Gasteiger partial charge in [-0.1, -0.05) is 40.5 Å². The van der Waals surface area contributed by atoms with E-state index in [2.05, 4.69) is 39.6 Å². The van der Waals surface area contributed by atoms with Gasteiger partial charge in [0.1, 0.15) is 0 Å². The van der Waals surface area contributed by atoms with Gasteiger partial charge in [-0.3, -0.25) is 0 Å². The minimum atomic E-state index is 0.245. The van der Waals surface area contributed by atoms with Gasteiger partial charge in [-0.05, 0) is 31.8 Å². The maximum atomic E-state index is 5.78. The number of hydrogen-bond acceptors (Lipinski definition) is 2. The summed E-state index contributed by atoms with van der Waals surface area (Å²) in [6.07, 6.45) is 5.17. The summed E-state index contributed by atoms with van der Waals surface area (Å²) in [6.45, 7) is 10.9. The highest BCUT2D eigenvalue weighted by Gasteiger charge is 2.22. The van der Waals surface area contributed by atoms with Crippen LogP contribution in [0.4, 0.5) is 0 Å². The third-order valence-electron chi connectivity index (χ3n) is 3.10. The van der Waals surface area contributed by atoms with Gasteiger partial charge in [-0.25, -0.2) is 0 Å². The fourth-order valence-corrected chi connectivity index (χ4v) is 2.12. The van der Waals surface area contributed by atoms with E-state index in [0.29, 0.717) is 0 Å². The minimum absolute atomic E-state index is 0.245. The quantitative estimate of drug-likeness (QED) is 0.673. The van der Waals surface area contributed by atoms with Crippen LogP contribution in [0.1, 0.15) is 53.4 Å². The Bertz CT molecular complexity index is 149. The van der Waals surface area contributed by atoms with Gasteiger partial charge in [-0.2, -0.15) is 0 Å². The second-order valence-corrected chi connectivity index (χ2v) is 5.51. The normalized spacial score (nSPS) is 12.8. The molecule has 0 heterocycles. The van der Waals surface area contributed by atoms with Crippen molar-refractivity contribution in [1.29, 1.82) is 0 Å². The van der Waals surface area contributed by atoms with Gasteiger partial charge in [0, 0.05) is 12.6 Å². The van der Waals surface area contributed by atoms with Crippen LogP contribution in [0.25, 0.3) is 0 Å². The Hall–Kier alpha value is -0.0800. The maximum Gasteiger partial charge on any atom is 0.00922 e. The first kappa shape index (κ1) is 14.9. The standard InChI is InChI=1S/C13H30N2/c1-6-8-12(9-7-2)15(5)11-13(3,4)10-14/h12H,6-11,14H2,1-5H3. The number of nitrogens with two attached hydrogens (primary N) is 1. The van der Waals surface area contributed by atoms with Crippen LogP contribution in [0.5, 0.6) is 0 Å². The largest absolute Gasteiger partial charge is 0.330 e. The first-order valence-electron chi connectivity index (χ1n) is 6.37. The van der Waals surface area contributed by atoms with Crippen LogP contribution in [0.15, 0.2) is 0 Å². The van der Waals surface area contributed by atoms with Crippen molar-refractivity contribution < 1.29 is 0 Å². The topological polar surface area (TPSA) is 29.3 Å². The van der Waals surface area contributed by atoms with Gasteiger partial charge in [0.25, 0.3) is 0 Å².